The SMILES string of the molecule is C[C@H](C(=O)NCCc1c[nH]c2ccccc12)n1cc([N+](=O)[O-])cn1. The van der Waals surface area contributed by atoms with Crippen LogP contribution in [0.15, 0.2) is 42.9 Å². The molecule has 24 heavy (non-hydrogen) atoms. The second-order valence-electron chi connectivity index (χ2n) is 5.51. The van der Waals surface area contributed by atoms with Crippen molar-refractivity contribution in [3.8, 4) is 0 Å². The Balaban J connectivity index is 1.57. The van der Waals surface area contributed by atoms with E-state index in [4.69, 9.17) is 0 Å². The molecule has 3 aromatic rings. The van der Waals surface area contributed by atoms with Crippen LogP contribution < -0.4 is 5.32 Å². The lowest BCUT2D eigenvalue weighted by Crippen LogP contribution is -2.32. The van der Waals surface area contributed by atoms with Gasteiger partial charge in [0.05, 0.1) is 4.92 Å². The quantitative estimate of drug-likeness (QED) is 0.534. The first kappa shape index (κ1) is 15.7. The summed E-state index contributed by atoms with van der Waals surface area (Å²) in [6, 6.07) is 7.38. The summed E-state index contributed by atoms with van der Waals surface area (Å²) in [6.45, 7) is 2.13. The number of para-hydroxylation sites is 1. The minimum Gasteiger partial charge on any atom is -0.361 e. The van der Waals surface area contributed by atoms with E-state index in [1.165, 1.54) is 10.9 Å². The van der Waals surface area contributed by atoms with Crippen molar-refractivity contribution in [2.75, 3.05) is 6.54 Å². The first-order valence-corrected chi connectivity index (χ1v) is 7.57. The summed E-state index contributed by atoms with van der Waals surface area (Å²) in [7, 11) is 0. The van der Waals surface area contributed by atoms with Gasteiger partial charge in [-0.25, -0.2) is 0 Å². The molecule has 0 saturated heterocycles. The number of hydrogen-bond donors (Lipinski definition) is 2. The van der Waals surface area contributed by atoms with Crippen LogP contribution in [0, 0.1) is 10.1 Å². The first-order valence-electron chi connectivity index (χ1n) is 7.57. The number of carbonyl (C=O) groups excluding carboxylic acids is 1. The Morgan fingerprint density at radius 3 is 3.00 bits per heavy atom. The number of hydrogen-bond acceptors (Lipinski definition) is 4. The van der Waals surface area contributed by atoms with E-state index in [2.05, 4.69) is 15.4 Å². The van der Waals surface area contributed by atoms with Crippen molar-refractivity contribution in [1.29, 1.82) is 0 Å². The highest BCUT2D eigenvalue weighted by Crippen LogP contribution is 2.18. The fourth-order valence-corrected chi connectivity index (χ4v) is 2.56. The van der Waals surface area contributed by atoms with E-state index in [1.54, 1.807) is 6.92 Å². The van der Waals surface area contributed by atoms with Crippen LogP contribution in [0.1, 0.15) is 18.5 Å². The van der Waals surface area contributed by atoms with E-state index in [-0.39, 0.29) is 11.6 Å². The van der Waals surface area contributed by atoms with Crippen LogP contribution in [-0.2, 0) is 11.2 Å². The summed E-state index contributed by atoms with van der Waals surface area (Å²) >= 11 is 0. The minimum atomic E-state index is -0.610. The van der Waals surface area contributed by atoms with E-state index < -0.39 is 11.0 Å². The highest BCUT2D eigenvalue weighted by Gasteiger charge is 2.18. The molecule has 0 fully saturated rings. The lowest BCUT2D eigenvalue weighted by molar-refractivity contribution is -0.385. The fraction of sp³-hybridized carbons (Fsp3) is 0.250. The van der Waals surface area contributed by atoms with Gasteiger partial charge in [0.25, 0.3) is 0 Å². The zero-order valence-corrected chi connectivity index (χ0v) is 13.1. The third kappa shape index (κ3) is 3.12. The Morgan fingerprint density at radius 1 is 1.46 bits per heavy atom. The maximum Gasteiger partial charge on any atom is 0.307 e. The number of rotatable bonds is 6. The Bertz CT molecular complexity index is 883. The van der Waals surface area contributed by atoms with Crippen LogP contribution in [0.5, 0.6) is 0 Å². The van der Waals surface area contributed by atoms with Crippen molar-refractivity contribution >= 4 is 22.5 Å². The molecule has 1 aromatic carbocycles. The molecule has 0 radical (unpaired) electrons. The lowest BCUT2D eigenvalue weighted by Gasteiger charge is -2.12. The molecule has 1 atom stereocenters. The molecular formula is C16H17N5O3. The third-order valence-electron chi connectivity index (χ3n) is 3.94. The van der Waals surface area contributed by atoms with E-state index in [1.807, 2.05) is 30.5 Å². The number of aromatic amines is 1. The van der Waals surface area contributed by atoms with Gasteiger partial charge in [-0.3, -0.25) is 19.6 Å². The van der Waals surface area contributed by atoms with Gasteiger partial charge < -0.3 is 10.3 Å². The molecule has 8 nitrogen and oxygen atoms in total. The molecular weight excluding hydrogens is 310 g/mol. The second-order valence-corrected chi connectivity index (χ2v) is 5.51. The van der Waals surface area contributed by atoms with Gasteiger partial charge in [-0.1, -0.05) is 18.2 Å². The molecule has 2 heterocycles. The number of benzene rings is 1. The average molecular weight is 327 g/mol. The van der Waals surface area contributed by atoms with Gasteiger partial charge in [-0.15, -0.1) is 0 Å². The van der Waals surface area contributed by atoms with Gasteiger partial charge in [0.15, 0.2) is 0 Å². The normalized spacial score (nSPS) is 12.2. The van der Waals surface area contributed by atoms with Crippen molar-refractivity contribution in [1.82, 2.24) is 20.1 Å². The maximum atomic E-state index is 12.2. The van der Waals surface area contributed by atoms with Crippen LogP contribution >= 0.6 is 0 Å². The van der Waals surface area contributed by atoms with Gasteiger partial charge in [0.1, 0.15) is 18.4 Å². The number of H-pyrrole nitrogens is 1. The van der Waals surface area contributed by atoms with E-state index in [9.17, 15) is 14.9 Å². The number of nitrogens with zero attached hydrogens (tertiary/aromatic N) is 3. The summed E-state index contributed by atoms with van der Waals surface area (Å²) in [6.07, 6.45) is 5.03. The van der Waals surface area contributed by atoms with Gasteiger partial charge in [-0.2, -0.15) is 5.10 Å². The zero-order chi connectivity index (χ0) is 17.1. The number of amides is 1. The van der Waals surface area contributed by atoms with Crippen molar-refractivity contribution in [3.63, 3.8) is 0 Å². The fourth-order valence-electron chi connectivity index (χ4n) is 2.56. The topological polar surface area (TPSA) is 106 Å². The van der Waals surface area contributed by atoms with Gasteiger partial charge >= 0.3 is 5.69 Å². The van der Waals surface area contributed by atoms with Crippen molar-refractivity contribution in [3.05, 3.63) is 58.5 Å². The highest BCUT2D eigenvalue weighted by atomic mass is 16.6. The molecule has 0 aliphatic carbocycles. The second kappa shape index (κ2) is 6.53. The van der Waals surface area contributed by atoms with E-state index >= 15 is 0 Å². The third-order valence-corrected chi connectivity index (χ3v) is 3.94. The molecule has 2 aromatic heterocycles. The lowest BCUT2D eigenvalue weighted by atomic mass is 10.1. The van der Waals surface area contributed by atoms with Gasteiger partial charge in [0, 0.05) is 23.6 Å². The molecule has 0 saturated carbocycles. The summed E-state index contributed by atoms with van der Waals surface area (Å²) in [5.74, 6) is -0.229. The molecule has 0 aliphatic rings. The largest absolute Gasteiger partial charge is 0.361 e. The predicted octanol–water partition coefficient (Wildman–Crippen LogP) is 2.19. The Morgan fingerprint density at radius 2 is 2.25 bits per heavy atom. The molecule has 0 bridgehead atoms. The Labute approximate surface area is 137 Å². The summed E-state index contributed by atoms with van der Waals surface area (Å²) in [5.41, 5.74) is 2.07. The van der Waals surface area contributed by atoms with Crippen LogP contribution in [0.25, 0.3) is 10.9 Å². The Kier molecular flexibility index (Phi) is 4.28. The minimum absolute atomic E-state index is 0.131. The number of aromatic nitrogens is 3. The molecule has 0 unspecified atom stereocenters. The number of carbonyl (C=O) groups is 1. The molecule has 1 amide bonds. The number of nitrogens with one attached hydrogen (secondary N) is 2. The van der Waals surface area contributed by atoms with Crippen LogP contribution in [0.2, 0.25) is 0 Å². The van der Waals surface area contributed by atoms with Crippen molar-refractivity contribution < 1.29 is 9.72 Å². The molecule has 124 valence electrons. The van der Waals surface area contributed by atoms with Crippen LogP contribution in [-0.4, -0.2) is 32.1 Å². The smallest absolute Gasteiger partial charge is 0.307 e. The van der Waals surface area contributed by atoms with Crippen molar-refractivity contribution in [2.24, 2.45) is 0 Å². The maximum absolute atomic E-state index is 12.2. The molecule has 0 aliphatic heterocycles. The molecule has 8 heteroatoms. The monoisotopic (exact) mass is 327 g/mol. The van der Waals surface area contributed by atoms with Crippen LogP contribution in [0.3, 0.4) is 0 Å². The number of nitro groups is 1. The predicted molar refractivity (Wildman–Crippen MR) is 88.6 cm³/mol. The van der Waals surface area contributed by atoms with E-state index in [0.29, 0.717) is 13.0 Å². The molecule has 3 rings (SSSR count). The van der Waals surface area contributed by atoms with Crippen molar-refractivity contribution in [2.45, 2.75) is 19.4 Å². The summed E-state index contributed by atoms with van der Waals surface area (Å²) in [4.78, 5) is 25.5. The van der Waals surface area contributed by atoms with Gasteiger partial charge in [-0.05, 0) is 25.0 Å². The number of fused-ring (bicyclic) bond motifs is 1. The first-order chi connectivity index (χ1) is 11.6. The zero-order valence-electron chi connectivity index (χ0n) is 13.1. The van der Waals surface area contributed by atoms with Gasteiger partial charge in [0.2, 0.25) is 5.91 Å². The molecule has 0 spiro atoms. The average Bonchev–Trinajstić information content (AvgIpc) is 3.21. The summed E-state index contributed by atoms with van der Waals surface area (Å²) < 4.78 is 1.29. The van der Waals surface area contributed by atoms with E-state index in [0.717, 1.165) is 22.7 Å². The van der Waals surface area contributed by atoms with Crippen LogP contribution in [0.4, 0.5) is 5.69 Å². The standard InChI is InChI=1S/C16H17N5O3/c1-11(20-10-13(9-19-20)21(23)24)16(22)17-7-6-12-8-18-15-5-3-2-4-14(12)15/h2-5,8-11,18H,6-7H2,1H3,(H,17,22)/t11-/m1/s1. The highest BCUT2D eigenvalue weighted by molar-refractivity contribution is 5.83. The molecule has 2 N–H and O–H groups in total. The summed E-state index contributed by atoms with van der Waals surface area (Å²) in [5, 5.41) is 18.5. The Hall–Kier alpha value is -3.16.